The van der Waals surface area contributed by atoms with E-state index < -0.39 is 11.7 Å². The highest BCUT2D eigenvalue weighted by molar-refractivity contribution is 5.25. The average molecular weight is 310 g/mol. The second-order valence-corrected chi connectivity index (χ2v) is 4.89. The molecule has 0 aliphatic carbocycles. The van der Waals surface area contributed by atoms with Crippen LogP contribution in [-0.2, 0) is 17.6 Å². The summed E-state index contributed by atoms with van der Waals surface area (Å²) in [6.07, 6.45) is -1.12. The average Bonchev–Trinajstić information content (AvgIpc) is 3.08. The molecule has 116 valence electrons. The van der Waals surface area contributed by atoms with Gasteiger partial charge in [-0.3, -0.25) is 0 Å². The number of halogens is 3. The Morgan fingerprint density at radius 2 is 1.86 bits per heavy atom. The van der Waals surface area contributed by atoms with E-state index in [0.29, 0.717) is 11.3 Å². The van der Waals surface area contributed by atoms with Gasteiger partial charge < -0.3 is 15.0 Å². The lowest BCUT2D eigenvalue weighted by Crippen LogP contribution is -2.23. The van der Waals surface area contributed by atoms with Crippen LogP contribution in [0.15, 0.2) is 59.0 Å². The Bertz CT molecular complexity index is 663. The van der Waals surface area contributed by atoms with E-state index in [-0.39, 0.29) is 18.5 Å². The van der Waals surface area contributed by atoms with Gasteiger partial charge >= 0.3 is 6.18 Å². The molecule has 22 heavy (non-hydrogen) atoms. The minimum absolute atomic E-state index is 0.230. The Kier molecular flexibility index (Phi) is 3.58. The van der Waals surface area contributed by atoms with Gasteiger partial charge in [-0.05, 0) is 29.8 Å². The lowest BCUT2D eigenvalue weighted by atomic mass is 10.1. The van der Waals surface area contributed by atoms with Crippen LogP contribution in [0, 0.1) is 0 Å². The van der Waals surface area contributed by atoms with E-state index >= 15 is 0 Å². The molecule has 0 spiro atoms. The number of benzene rings is 1. The molecule has 2 N–H and O–H groups in total. The predicted molar refractivity (Wildman–Crippen MR) is 71.8 cm³/mol. The van der Waals surface area contributed by atoms with Crippen molar-refractivity contribution in [1.29, 1.82) is 0 Å². The molecule has 3 rings (SSSR count). The second kappa shape index (κ2) is 5.42. The van der Waals surface area contributed by atoms with Crippen molar-refractivity contribution in [2.75, 3.05) is 0 Å². The minimum atomic E-state index is -4.34. The molecule has 1 atom stereocenters. The molecule has 1 aromatic heterocycles. The first-order valence-corrected chi connectivity index (χ1v) is 6.55. The molecular weight excluding hydrogens is 297 g/mol. The number of furan rings is 1. The fraction of sp³-hybridized carbons (Fsp3) is 0.200. The first-order chi connectivity index (χ1) is 10.4. The van der Waals surface area contributed by atoms with Crippen molar-refractivity contribution in [3.8, 4) is 0 Å². The summed E-state index contributed by atoms with van der Waals surface area (Å²) in [5, 5.41) is 1.55. The van der Waals surface area contributed by atoms with Gasteiger partial charge in [0.2, 0.25) is 5.88 Å². The fourth-order valence-electron chi connectivity index (χ4n) is 2.25. The fourth-order valence-corrected chi connectivity index (χ4v) is 2.25. The lowest BCUT2D eigenvalue weighted by Gasteiger charge is -2.21. The van der Waals surface area contributed by atoms with Gasteiger partial charge in [0.15, 0.2) is 0 Å². The van der Waals surface area contributed by atoms with Crippen molar-refractivity contribution in [3.63, 3.8) is 0 Å². The summed E-state index contributed by atoms with van der Waals surface area (Å²) in [6.45, 7) is 0.278. The zero-order valence-corrected chi connectivity index (χ0v) is 11.4. The van der Waals surface area contributed by atoms with E-state index in [4.69, 9.17) is 15.0 Å². The second-order valence-electron chi connectivity index (χ2n) is 4.89. The van der Waals surface area contributed by atoms with Crippen molar-refractivity contribution >= 4 is 0 Å². The number of hydrogen-bond acceptors (Lipinski definition) is 4. The third-order valence-electron chi connectivity index (χ3n) is 3.31. The smallest absolute Gasteiger partial charge is 0.416 e. The predicted octanol–water partition coefficient (Wildman–Crippen LogP) is 3.59. The number of hydrogen-bond donors (Lipinski definition) is 1. The van der Waals surface area contributed by atoms with E-state index in [0.717, 1.165) is 12.1 Å². The summed E-state index contributed by atoms with van der Waals surface area (Å²) in [5.41, 5.74) is 5.66. The van der Waals surface area contributed by atoms with Crippen LogP contribution in [-0.4, -0.2) is 5.06 Å². The zero-order chi connectivity index (χ0) is 15.7. The van der Waals surface area contributed by atoms with Crippen LogP contribution in [0.4, 0.5) is 13.2 Å². The van der Waals surface area contributed by atoms with E-state index in [1.807, 2.05) is 0 Å². The lowest BCUT2D eigenvalue weighted by molar-refractivity contribution is -0.137. The summed E-state index contributed by atoms with van der Waals surface area (Å²) < 4.78 is 43.0. The van der Waals surface area contributed by atoms with Crippen molar-refractivity contribution in [1.82, 2.24) is 5.06 Å². The van der Waals surface area contributed by atoms with Gasteiger partial charge in [0.1, 0.15) is 11.8 Å². The Morgan fingerprint density at radius 3 is 2.45 bits per heavy atom. The molecule has 0 saturated heterocycles. The molecule has 0 radical (unpaired) electrons. The first kappa shape index (κ1) is 14.5. The zero-order valence-electron chi connectivity index (χ0n) is 11.4. The van der Waals surface area contributed by atoms with Crippen molar-refractivity contribution in [2.24, 2.45) is 5.73 Å². The van der Waals surface area contributed by atoms with Gasteiger partial charge in [0, 0.05) is 6.08 Å². The SMILES string of the molecule is NC1=CC(c2ccco2)N(Cc2ccc(C(F)(F)F)cc2)O1. The Hall–Kier alpha value is -2.41. The molecule has 1 unspecified atom stereocenters. The summed E-state index contributed by atoms with van der Waals surface area (Å²) in [5.74, 6) is 0.876. The maximum Gasteiger partial charge on any atom is 0.416 e. The summed E-state index contributed by atoms with van der Waals surface area (Å²) in [4.78, 5) is 5.39. The summed E-state index contributed by atoms with van der Waals surface area (Å²) in [6, 6.07) is 8.14. The van der Waals surface area contributed by atoms with Crippen molar-refractivity contribution < 1.29 is 22.4 Å². The molecule has 1 aromatic carbocycles. The molecule has 2 aromatic rings. The highest BCUT2D eigenvalue weighted by Gasteiger charge is 2.31. The van der Waals surface area contributed by atoms with E-state index in [2.05, 4.69) is 0 Å². The highest BCUT2D eigenvalue weighted by atomic mass is 19.4. The van der Waals surface area contributed by atoms with Crippen LogP contribution < -0.4 is 5.73 Å². The monoisotopic (exact) mass is 310 g/mol. The maximum absolute atomic E-state index is 12.6. The third-order valence-corrected chi connectivity index (χ3v) is 3.31. The Labute approximate surface area is 124 Å². The van der Waals surface area contributed by atoms with Crippen LogP contribution in [0.5, 0.6) is 0 Å². The van der Waals surface area contributed by atoms with Crippen LogP contribution in [0.25, 0.3) is 0 Å². The standard InChI is InChI=1S/C15H13F3N2O2/c16-15(17,18)11-5-3-10(4-6-11)9-20-12(8-14(19)22-20)13-2-1-7-21-13/h1-8,12H,9,19H2. The molecule has 7 heteroatoms. The van der Waals surface area contributed by atoms with Gasteiger partial charge in [0.05, 0.1) is 18.4 Å². The highest BCUT2D eigenvalue weighted by Crippen LogP contribution is 2.32. The number of hydroxylamine groups is 2. The van der Waals surface area contributed by atoms with Crippen LogP contribution in [0.1, 0.15) is 22.9 Å². The maximum atomic E-state index is 12.6. The largest absolute Gasteiger partial charge is 0.467 e. The van der Waals surface area contributed by atoms with Crippen LogP contribution >= 0.6 is 0 Å². The molecule has 0 amide bonds. The third kappa shape index (κ3) is 2.94. The number of rotatable bonds is 3. The van der Waals surface area contributed by atoms with Crippen molar-refractivity contribution in [2.45, 2.75) is 18.8 Å². The van der Waals surface area contributed by atoms with Crippen molar-refractivity contribution in [3.05, 3.63) is 71.5 Å². The van der Waals surface area contributed by atoms with Gasteiger partial charge in [-0.15, -0.1) is 5.06 Å². The van der Waals surface area contributed by atoms with E-state index in [1.54, 1.807) is 23.3 Å². The van der Waals surface area contributed by atoms with Gasteiger partial charge in [-0.25, -0.2) is 0 Å². The Morgan fingerprint density at radius 1 is 1.14 bits per heavy atom. The molecule has 0 bridgehead atoms. The quantitative estimate of drug-likeness (QED) is 0.941. The molecule has 4 nitrogen and oxygen atoms in total. The first-order valence-electron chi connectivity index (χ1n) is 6.55. The molecular formula is C15H13F3N2O2. The van der Waals surface area contributed by atoms with Gasteiger partial charge in [-0.1, -0.05) is 12.1 Å². The topological polar surface area (TPSA) is 51.6 Å². The van der Waals surface area contributed by atoms with Gasteiger partial charge in [0.25, 0.3) is 0 Å². The van der Waals surface area contributed by atoms with E-state index in [1.165, 1.54) is 18.4 Å². The molecule has 1 aliphatic rings. The molecule has 1 aliphatic heterocycles. The molecule has 0 fully saturated rings. The number of nitrogens with two attached hydrogens (primary N) is 1. The van der Waals surface area contributed by atoms with Crippen LogP contribution in [0.3, 0.4) is 0 Å². The number of nitrogens with zero attached hydrogens (tertiary/aromatic N) is 1. The summed E-state index contributed by atoms with van der Waals surface area (Å²) >= 11 is 0. The molecule has 2 heterocycles. The Balaban J connectivity index is 1.75. The van der Waals surface area contributed by atoms with Gasteiger partial charge in [-0.2, -0.15) is 13.2 Å². The minimum Gasteiger partial charge on any atom is -0.467 e. The number of alkyl halides is 3. The van der Waals surface area contributed by atoms with Crippen LogP contribution in [0.2, 0.25) is 0 Å². The molecule has 0 saturated carbocycles. The van der Waals surface area contributed by atoms with E-state index in [9.17, 15) is 13.2 Å². The summed E-state index contributed by atoms with van der Waals surface area (Å²) in [7, 11) is 0. The normalized spacial score (nSPS) is 19.0.